The van der Waals surface area contributed by atoms with Gasteiger partial charge in [-0.2, -0.15) is 0 Å². The van der Waals surface area contributed by atoms with E-state index in [4.69, 9.17) is 0 Å². The number of nitrogens with zero attached hydrogens (tertiary/aromatic N) is 1. The first-order valence-electron chi connectivity index (χ1n) is 7.61. The number of aryl methyl sites for hydroxylation is 1. The number of pyridine rings is 1. The molecule has 3 nitrogen and oxygen atoms in total. The van der Waals surface area contributed by atoms with E-state index in [1.54, 1.807) is 0 Å². The molecule has 4 heteroatoms. The van der Waals surface area contributed by atoms with E-state index in [-0.39, 0.29) is 5.43 Å². The summed E-state index contributed by atoms with van der Waals surface area (Å²) in [6.45, 7) is 6.12. The summed E-state index contributed by atoms with van der Waals surface area (Å²) < 4.78 is 0.946. The number of aromatic nitrogens is 1. The maximum absolute atomic E-state index is 12.8. The third-order valence-electron chi connectivity index (χ3n) is 4.58. The average molecular weight is 349 g/mol. The zero-order valence-corrected chi connectivity index (χ0v) is 14.2. The Bertz CT molecular complexity index is 723. The molecular weight excluding hydrogens is 328 g/mol. The number of likely N-dealkylation sites (tertiary alicyclic amines) is 1. The number of aromatic amines is 1. The second-order valence-electron chi connectivity index (χ2n) is 6.06. The molecule has 0 bridgehead atoms. The van der Waals surface area contributed by atoms with Crippen molar-refractivity contribution in [1.82, 2.24) is 9.88 Å². The SMILES string of the molecule is Cc1[nH]c2ccc(Br)cc2c(=O)c1CN1CCCC[C@@H]1C. The van der Waals surface area contributed by atoms with Crippen LogP contribution in [0.4, 0.5) is 0 Å². The van der Waals surface area contributed by atoms with E-state index in [0.29, 0.717) is 6.04 Å². The first-order valence-corrected chi connectivity index (χ1v) is 8.40. The molecule has 112 valence electrons. The third kappa shape index (κ3) is 2.92. The Hall–Kier alpha value is -1.13. The van der Waals surface area contributed by atoms with Crippen LogP contribution in [0.5, 0.6) is 0 Å². The van der Waals surface area contributed by atoms with Crippen molar-refractivity contribution in [1.29, 1.82) is 0 Å². The summed E-state index contributed by atoms with van der Waals surface area (Å²) in [5.74, 6) is 0. The minimum Gasteiger partial charge on any atom is -0.358 e. The zero-order chi connectivity index (χ0) is 15.0. The highest BCUT2D eigenvalue weighted by atomic mass is 79.9. The van der Waals surface area contributed by atoms with Gasteiger partial charge in [-0.05, 0) is 51.4 Å². The molecular formula is C17H21BrN2O. The van der Waals surface area contributed by atoms with Gasteiger partial charge in [-0.15, -0.1) is 0 Å². The van der Waals surface area contributed by atoms with Crippen molar-refractivity contribution in [2.75, 3.05) is 6.54 Å². The first kappa shape index (κ1) is 14.8. The van der Waals surface area contributed by atoms with Crippen molar-refractivity contribution in [3.63, 3.8) is 0 Å². The molecule has 1 aliphatic heterocycles. The van der Waals surface area contributed by atoms with Gasteiger partial charge in [0, 0.05) is 39.2 Å². The van der Waals surface area contributed by atoms with E-state index < -0.39 is 0 Å². The lowest BCUT2D eigenvalue weighted by Crippen LogP contribution is -2.38. The van der Waals surface area contributed by atoms with Crippen molar-refractivity contribution in [2.45, 2.75) is 45.7 Å². The smallest absolute Gasteiger partial charge is 0.194 e. The molecule has 0 aliphatic carbocycles. The summed E-state index contributed by atoms with van der Waals surface area (Å²) in [5.41, 5.74) is 2.98. The standard InChI is InChI=1S/C17H21BrN2O/c1-11-5-3-4-8-20(11)10-15-12(2)19-16-7-6-13(18)9-14(16)17(15)21/h6-7,9,11H,3-5,8,10H2,1-2H3,(H,19,21)/t11-/m0/s1. The van der Waals surface area contributed by atoms with Crippen molar-refractivity contribution in [2.24, 2.45) is 0 Å². The second kappa shape index (κ2) is 5.93. The highest BCUT2D eigenvalue weighted by molar-refractivity contribution is 9.10. The molecule has 1 atom stereocenters. The van der Waals surface area contributed by atoms with Gasteiger partial charge < -0.3 is 4.98 Å². The van der Waals surface area contributed by atoms with Gasteiger partial charge >= 0.3 is 0 Å². The van der Waals surface area contributed by atoms with Gasteiger partial charge in [0.15, 0.2) is 5.43 Å². The molecule has 0 amide bonds. The topological polar surface area (TPSA) is 36.1 Å². The van der Waals surface area contributed by atoms with E-state index in [1.165, 1.54) is 19.3 Å². The lowest BCUT2D eigenvalue weighted by molar-refractivity contribution is 0.152. The quantitative estimate of drug-likeness (QED) is 0.891. The Morgan fingerprint density at radius 1 is 1.38 bits per heavy atom. The number of fused-ring (bicyclic) bond motifs is 1. The van der Waals surface area contributed by atoms with E-state index in [1.807, 2.05) is 25.1 Å². The molecule has 2 heterocycles. The van der Waals surface area contributed by atoms with Gasteiger partial charge in [0.2, 0.25) is 0 Å². The van der Waals surface area contributed by atoms with Crippen LogP contribution in [0.1, 0.15) is 37.4 Å². The van der Waals surface area contributed by atoms with Crippen LogP contribution >= 0.6 is 15.9 Å². The largest absolute Gasteiger partial charge is 0.358 e. The lowest BCUT2D eigenvalue weighted by Gasteiger charge is -2.33. The van der Waals surface area contributed by atoms with Crippen molar-refractivity contribution in [3.8, 4) is 0 Å². The Morgan fingerprint density at radius 3 is 2.95 bits per heavy atom. The first-order chi connectivity index (χ1) is 10.1. The third-order valence-corrected chi connectivity index (χ3v) is 5.07. The number of rotatable bonds is 2. The number of hydrogen-bond acceptors (Lipinski definition) is 2. The Morgan fingerprint density at radius 2 is 2.19 bits per heavy atom. The van der Waals surface area contributed by atoms with Crippen LogP contribution in [-0.2, 0) is 6.54 Å². The summed E-state index contributed by atoms with van der Waals surface area (Å²) in [6.07, 6.45) is 3.77. The number of benzene rings is 1. The van der Waals surface area contributed by atoms with E-state index in [9.17, 15) is 4.79 Å². The fourth-order valence-corrected chi connectivity index (χ4v) is 3.57. The van der Waals surface area contributed by atoms with Gasteiger partial charge in [-0.25, -0.2) is 0 Å². The minimum atomic E-state index is 0.167. The molecule has 2 aromatic rings. The van der Waals surface area contributed by atoms with Crippen molar-refractivity contribution < 1.29 is 0 Å². The van der Waals surface area contributed by atoms with Crippen LogP contribution in [0.15, 0.2) is 27.5 Å². The van der Waals surface area contributed by atoms with Crippen LogP contribution in [0.2, 0.25) is 0 Å². The predicted octanol–water partition coefficient (Wildman–Crippen LogP) is 3.97. The fourth-order valence-electron chi connectivity index (χ4n) is 3.21. The molecule has 3 rings (SSSR count). The van der Waals surface area contributed by atoms with Gasteiger partial charge in [0.25, 0.3) is 0 Å². The molecule has 1 N–H and O–H groups in total. The molecule has 1 saturated heterocycles. The highest BCUT2D eigenvalue weighted by Crippen LogP contribution is 2.21. The van der Waals surface area contributed by atoms with Crippen molar-refractivity contribution in [3.05, 3.63) is 44.2 Å². The number of H-pyrrole nitrogens is 1. The monoisotopic (exact) mass is 348 g/mol. The Labute approximate surface area is 133 Å². The van der Waals surface area contributed by atoms with Crippen LogP contribution in [0.3, 0.4) is 0 Å². The predicted molar refractivity (Wildman–Crippen MR) is 90.7 cm³/mol. The molecule has 0 spiro atoms. The maximum Gasteiger partial charge on any atom is 0.194 e. The van der Waals surface area contributed by atoms with Crippen LogP contribution < -0.4 is 5.43 Å². The summed E-state index contributed by atoms with van der Waals surface area (Å²) in [5, 5.41) is 0.773. The fraction of sp³-hybridized carbons (Fsp3) is 0.471. The molecule has 1 aromatic carbocycles. The number of nitrogens with one attached hydrogen (secondary N) is 1. The molecule has 1 aromatic heterocycles. The highest BCUT2D eigenvalue weighted by Gasteiger charge is 2.20. The summed E-state index contributed by atoms with van der Waals surface area (Å²) in [7, 11) is 0. The van der Waals surface area contributed by atoms with E-state index in [0.717, 1.165) is 39.7 Å². The molecule has 0 unspecified atom stereocenters. The summed E-state index contributed by atoms with van der Waals surface area (Å²) in [6, 6.07) is 6.40. The van der Waals surface area contributed by atoms with Crippen LogP contribution in [0.25, 0.3) is 10.9 Å². The van der Waals surface area contributed by atoms with Gasteiger partial charge in [0.05, 0.1) is 0 Å². The molecule has 21 heavy (non-hydrogen) atoms. The number of piperidine rings is 1. The zero-order valence-electron chi connectivity index (χ0n) is 12.6. The van der Waals surface area contributed by atoms with Gasteiger partial charge in [-0.1, -0.05) is 22.4 Å². The van der Waals surface area contributed by atoms with E-state index in [2.05, 4.69) is 32.7 Å². The summed E-state index contributed by atoms with van der Waals surface area (Å²) >= 11 is 3.45. The molecule has 0 radical (unpaired) electrons. The molecule has 1 aliphatic rings. The number of hydrogen-bond donors (Lipinski definition) is 1. The lowest BCUT2D eigenvalue weighted by atomic mass is 10.0. The van der Waals surface area contributed by atoms with Crippen LogP contribution in [0, 0.1) is 6.92 Å². The molecule has 0 saturated carbocycles. The van der Waals surface area contributed by atoms with Gasteiger partial charge in [-0.3, -0.25) is 9.69 Å². The molecule has 1 fully saturated rings. The Kier molecular flexibility index (Phi) is 4.18. The Balaban J connectivity index is 2.03. The van der Waals surface area contributed by atoms with Crippen LogP contribution in [-0.4, -0.2) is 22.5 Å². The number of halogens is 1. The normalized spacial score (nSPS) is 20.0. The minimum absolute atomic E-state index is 0.167. The average Bonchev–Trinajstić information content (AvgIpc) is 2.46. The second-order valence-corrected chi connectivity index (χ2v) is 6.98. The summed E-state index contributed by atoms with van der Waals surface area (Å²) in [4.78, 5) is 18.6. The van der Waals surface area contributed by atoms with Gasteiger partial charge in [0.1, 0.15) is 0 Å². The maximum atomic E-state index is 12.8. The van der Waals surface area contributed by atoms with Crippen molar-refractivity contribution >= 4 is 26.8 Å². The van der Waals surface area contributed by atoms with E-state index >= 15 is 0 Å².